The van der Waals surface area contributed by atoms with Crippen LogP contribution in [0.5, 0.6) is 0 Å². The molecular formula is C17H19N5O2. The van der Waals surface area contributed by atoms with Crippen molar-refractivity contribution >= 4 is 5.91 Å². The SMILES string of the molecule is C#CCOCC1CCN(C(=O)c2cccc(-n3cnnn3)c2)CC1. The van der Waals surface area contributed by atoms with E-state index >= 15 is 0 Å². The van der Waals surface area contributed by atoms with Gasteiger partial charge in [-0.05, 0) is 47.4 Å². The standard InChI is InChI=1S/C17H19N5O2/c1-2-10-24-12-14-6-8-21(9-7-14)17(23)15-4-3-5-16(11-15)22-13-18-19-20-22/h1,3-5,11,13-14H,6-10,12H2. The molecule has 0 unspecified atom stereocenters. The van der Waals surface area contributed by atoms with E-state index in [1.807, 2.05) is 23.1 Å². The Hall–Kier alpha value is -2.72. The summed E-state index contributed by atoms with van der Waals surface area (Å²) in [7, 11) is 0. The number of piperidine rings is 1. The molecule has 24 heavy (non-hydrogen) atoms. The predicted octanol–water partition coefficient (Wildman–Crippen LogP) is 1.16. The first kappa shape index (κ1) is 16.1. The van der Waals surface area contributed by atoms with E-state index in [2.05, 4.69) is 21.4 Å². The number of hydrogen-bond acceptors (Lipinski definition) is 5. The highest BCUT2D eigenvalue weighted by Crippen LogP contribution is 2.20. The van der Waals surface area contributed by atoms with Crippen molar-refractivity contribution in [1.29, 1.82) is 0 Å². The second-order valence-corrected chi connectivity index (χ2v) is 5.76. The van der Waals surface area contributed by atoms with Crippen LogP contribution in [0.1, 0.15) is 23.2 Å². The zero-order chi connectivity index (χ0) is 16.8. The maximum atomic E-state index is 12.7. The first-order valence-electron chi connectivity index (χ1n) is 7.92. The molecule has 7 nitrogen and oxygen atoms in total. The fourth-order valence-electron chi connectivity index (χ4n) is 2.83. The van der Waals surface area contributed by atoms with Crippen molar-refractivity contribution in [2.24, 2.45) is 5.92 Å². The van der Waals surface area contributed by atoms with Gasteiger partial charge in [-0.25, -0.2) is 4.68 Å². The number of tetrazole rings is 1. The average Bonchev–Trinajstić information content (AvgIpc) is 3.17. The number of benzene rings is 1. The number of hydrogen-bond donors (Lipinski definition) is 0. The van der Waals surface area contributed by atoms with Gasteiger partial charge in [0.1, 0.15) is 12.9 Å². The monoisotopic (exact) mass is 325 g/mol. The van der Waals surface area contributed by atoms with Gasteiger partial charge in [-0.3, -0.25) is 4.79 Å². The van der Waals surface area contributed by atoms with Crippen LogP contribution in [0, 0.1) is 18.3 Å². The van der Waals surface area contributed by atoms with Crippen molar-refractivity contribution in [2.45, 2.75) is 12.8 Å². The first-order chi connectivity index (χ1) is 11.8. The molecule has 1 aromatic heterocycles. The summed E-state index contributed by atoms with van der Waals surface area (Å²) in [5, 5.41) is 11.1. The van der Waals surface area contributed by atoms with Crippen LogP contribution in [-0.2, 0) is 4.74 Å². The van der Waals surface area contributed by atoms with Gasteiger partial charge in [0.05, 0.1) is 12.3 Å². The lowest BCUT2D eigenvalue weighted by molar-refractivity contribution is 0.0582. The number of ether oxygens (including phenoxy) is 1. The van der Waals surface area contributed by atoms with Crippen LogP contribution in [0.2, 0.25) is 0 Å². The summed E-state index contributed by atoms with van der Waals surface area (Å²) in [4.78, 5) is 14.6. The summed E-state index contributed by atoms with van der Waals surface area (Å²) >= 11 is 0. The van der Waals surface area contributed by atoms with Crippen molar-refractivity contribution in [3.05, 3.63) is 36.2 Å². The smallest absolute Gasteiger partial charge is 0.253 e. The van der Waals surface area contributed by atoms with Gasteiger partial charge in [0, 0.05) is 18.7 Å². The van der Waals surface area contributed by atoms with Gasteiger partial charge in [-0.15, -0.1) is 11.5 Å². The molecule has 0 bridgehead atoms. The highest BCUT2D eigenvalue weighted by Gasteiger charge is 2.24. The molecule has 1 aliphatic rings. The number of carbonyl (C=O) groups excluding carboxylic acids is 1. The minimum Gasteiger partial charge on any atom is -0.369 e. The lowest BCUT2D eigenvalue weighted by Crippen LogP contribution is -2.39. The number of carbonyl (C=O) groups is 1. The Bertz CT molecular complexity index is 715. The summed E-state index contributed by atoms with van der Waals surface area (Å²) in [6.07, 6.45) is 8.55. The Kier molecular flexibility index (Phi) is 5.18. The number of rotatable bonds is 5. The van der Waals surface area contributed by atoms with E-state index in [1.54, 1.807) is 6.07 Å². The van der Waals surface area contributed by atoms with E-state index in [-0.39, 0.29) is 5.91 Å². The summed E-state index contributed by atoms with van der Waals surface area (Å²) < 4.78 is 6.93. The molecule has 0 radical (unpaired) electrons. The number of aromatic nitrogens is 4. The lowest BCUT2D eigenvalue weighted by atomic mass is 9.97. The van der Waals surface area contributed by atoms with Crippen LogP contribution in [0.15, 0.2) is 30.6 Å². The highest BCUT2D eigenvalue weighted by atomic mass is 16.5. The highest BCUT2D eigenvalue weighted by molar-refractivity contribution is 5.94. The van der Waals surface area contributed by atoms with Gasteiger partial charge in [0.15, 0.2) is 0 Å². The minimum atomic E-state index is 0.0351. The average molecular weight is 325 g/mol. The third kappa shape index (κ3) is 3.78. The summed E-state index contributed by atoms with van der Waals surface area (Å²) in [5.41, 5.74) is 1.41. The molecule has 1 amide bonds. The Morgan fingerprint density at radius 2 is 2.21 bits per heavy atom. The lowest BCUT2D eigenvalue weighted by Gasteiger charge is -2.31. The predicted molar refractivity (Wildman–Crippen MR) is 87.4 cm³/mol. The van der Waals surface area contributed by atoms with E-state index in [9.17, 15) is 4.79 Å². The molecule has 0 saturated carbocycles. The molecule has 2 heterocycles. The molecule has 1 aliphatic heterocycles. The van der Waals surface area contributed by atoms with Gasteiger partial charge < -0.3 is 9.64 Å². The van der Waals surface area contributed by atoms with Gasteiger partial charge >= 0.3 is 0 Å². The maximum Gasteiger partial charge on any atom is 0.253 e. The van der Waals surface area contributed by atoms with Crippen LogP contribution in [0.3, 0.4) is 0 Å². The Labute approximate surface area is 140 Å². The fourth-order valence-corrected chi connectivity index (χ4v) is 2.83. The quantitative estimate of drug-likeness (QED) is 0.609. The zero-order valence-corrected chi connectivity index (χ0v) is 13.3. The van der Waals surface area contributed by atoms with Gasteiger partial charge in [-0.1, -0.05) is 12.0 Å². The Balaban J connectivity index is 1.60. The molecule has 0 aliphatic carbocycles. The molecule has 1 saturated heterocycles. The number of amides is 1. The summed E-state index contributed by atoms with van der Waals surface area (Å²) in [6, 6.07) is 7.33. The van der Waals surface area contributed by atoms with Crippen LogP contribution in [0.25, 0.3) is 5.69 Å². The molecule has 0 N–H and O–H groups in total. The number of terminal acetylenes is 1. The normalized spacial score (nSPS) is 15.2. The van der Waals surface area contributed by atoms with E-state index in [0.29, 0.717) is 24.7 Å². The fraction of sp³-hybridized carbons (Fsp3) is 0.412. The third-order valence-electron chi connectivity index (χ3n) is 4.15. The minimum absolute atomic E-state index is 0.0351. The van der Waals surface area contributed by atoms with E-state index < -0.39 is 0 Å². The van der Waals surface area contributed by atoms with Crippen LogP contribution in [0.4, 0.5) is 0 Å². The summed E-state index contributed by atoms with van der Waals surface area (Å²) in [5.74, 6) is 2.97. The van der Waals surface area contributed by atoms with Crippen LogP contribution < -0.4 is 0 Å². The summed E-state index contributed by atoms with van der Waals surface area (Å²) in [6.45, 7) is 2.49. The molecule has 2 aromatic rings. The molecule has 1 aromatic carbocycles. The largest absolute Gasteiger partial charge is 0.369 e. The van der Waals surface area contributed by atoms with Gasteiger partial charge in [0.25, 0.3) is 5.91 Å². The molecule has 0 spiro atoms. The molecule has 124 valence electrons. The van der Waals surface area contributed by atoms with Crippen molar-refractivity contribution in [1.82, 2.24) is 25.1 Å². The second kappa shape index (κ2) is 7.70. The van der Waals surface area contributed by atoms with Gasteiger partial charge in [0.2, 0.25) is 0 Å². The molecule has 0 atom stereocenters. The van der Waals surface area contributed by atoms with Crippen molar-refractivity contribution in [3.8, 4) is 18.0 Å². The first-order valence-corrected chi connectivity index (χ1v) is 7.92. The molecule has 1 fully saturated rings. The van der Waals surface area contributed by atoms with Crippen LogP contribution in [-0.4, -0.2) is 57.3 Å². The van der Waals surface area contributed by atoms with E-state index in [0.717, 1.165) is 31.6 Å². The Morgan fingerprint density at radius 3 is 2.92 bits per heavy atom. The molecule has 7 heteroatoms. The van der Waals surface area contributed by atoms with Crippen molar-refractivity contribution in [2.75, 3.05) is 26.3 Å². The van der Waals surface area contributed by atoms with Crippen molar-refractivity contribution in [3.63, 3.8) is 0 Å². The maximum absolute atomic E-state index is 12.7. The topological polar surface area (TPSA) is 73.1 Å². The number of likely N-dealkylation sites (tertiary alicyclic amines) is 1. The van der Waals surface area contributed by atoms with Crippen molar-refractivity contribution < 1.29 is 9.53 Å². The molecular weight excluding hydrogens is 306 g/mol. The van der Waals surface area contributed by atoms with Gasteiger partial charge in [-0.2, -0.15) is 0 Å². The van der Waals surface area contributed by atoms with E-state index in [4.69, 9.17) is 11.2 Å². The zero-order valence-electron chi connectivity index (χ0n) is 13.3. The van der Waals surface area contributed by atoms with Crippen LogP contribution >= 0.6 is 0 Å². The third-order valence-corrected chi connectivity index (χ3v) is 4.15. The number of nitrogens with zero attached hydrogens (tertiary/aromatic N) is 5. The second-order valence-electron chi connectivity index (χ2n) is 5.76. The van der Waals surface area contributed by atoms with E-state index in [1.165, 1.54) is 11.0 Å². The Morgan fingerprint density at radius 1 is 1.38 bits per heavy atom. The molecule has 3 rings (SSSR count).